The van der Waals surface area contributed by atoms with Gasteiger partial charge in [-0.3, -0.25) is 9.80 Å². The molecule has 0 saturated heterocycles. The van der Waals surface area contributed by atoms with Crippen LogP contribution in [0.3, 0.4) is 0 Å². The Morgan fingerprint density at radius 1 is 0.591 bits per heavy atom. The van der Waals surface area contributed by atoms with Gasteiger partial charge in [-0.1, -0.05) is 0 Å². The number of hydrogen-bond donors (Lipinski definition) is 0. The molecule has 0 unspecified atom stereocenters. The summed E-state index contributed by atoms with van der Waals surface area (Å²) in [6, 6.07) is 0. The molecule has 0 aromatic carbocycles. The van der Waals surface area contributed by atoms with Crippen LogP contribution in [-0.2, 0) is 36.2 Å². The third kappa shape index (κ3) is 13.3. The molecule has 0 aromatic rings. The van der Waals surface area contributed by atoms with Crippen LogP contribution in [0.5, 0.6) is 0 Å². The fourth-order valence-corrected chi connectivity index (χ4v) is 1.68. The number of aliphatic carboxylic acids is 4. The van der Waals surface area contributed by atoms with Gasteiger partial charge < -0.3 is 39.6 Å². The van der Waals surface area contributed by atoms with E-state index in [0.29, 0.717) is 0 Å². The van der Waals surface area contributed by atoms with Gasteiger partial charge in [-0.2, -0.15) is 0 Å². The van der Waals surface area contributed by atoms with Gasteiger partial charge in [0, 0.05) is 39.3 Å². The molecule has 0 amide bonds. The van der Waals surface area contributed by atoms with Crippen molar-refractivity contribution in [1.82, 2.24) is 9.80 Å². The van der Waals surface area contributed by atoms with Crippen LogP contribution in [-0.4, -0.2) is 72.9 Å². The van der Waals surface area contributed by atoms with Crippen LogP contribution in [0.2, 0.25) is 0 Å². The Labute approximate surface area is 136 Å². The maximum atomic E-state index is 10.4. The molecule has 0 bridgehead atoms. The van der Waals surface area contributed by atoms with Crippen LogP contribution in [0.15, 0.2) is 0 Å². The molecule has 0 heterocycles. The second-order valence-corrected chi connectivity index (χ2v) is 4.26. The van der Waals surface area contributed by atoms with E-state index in [2.05, 4.69) is 0 Å². The van der Waals surface area contributed by atoms with E-state index in [1.165, 1.54) is 0 Å². The molecule has 0 N–H and O–H groups in total. The minimum Gasteiger partial charge on any atom is -0.549 e. The molecule has 11 heteroatoms. The van der Waals surface area contributed by atoms with Gasteiger partial charge in [0.1, 0.15) is 0 Å². The van der Waals surface area contributed by atoms with Crippen molar-refractivity contribution >= 4 is 23.9 Å². The summed E-state index contributed by atoms with van der Waals surface area (Å²) in [5.74, 6) is -5.90. The second-order valence-electron chi connectivity index (χ2n) is 4.26. The molecule has 0 spiro atoms. The van der Waals surface area contributed by atoms with E-state index in [-0.39, 0.29) is 36.6 Å². The van der Waals surface area contributed by atoms with Crippen molar-refractivity contribution in [3.8, 4) is 0 Å². The topological polar surface area (TPSA) is 167 Å². The van der Waals surface area contributed by atoms with Crippen LogP contribution in [0.4, 0.5) is 0 Å². The summed E-state index contributed by atoms with van der Waals surface area (Å²) in [4.78, 5) is 43.8. The minimum absolute atomic E-state index is 0. The third-order valence-corrected chi connectivity index (χ3v) is 2.36. The fraction of sp³-hybridized carbons (Fsp3) is 0.636. The van der Waals surface area contributed by atoms with Crippen LogP contribution in [0.1, 0.15) is 6.42 Å². The molecule has 0 aliphatic rings. The van der Waals surface area contributed by atoms with Crippen molar-refractivity contribution < 1.29 is 56.7 Å². The summed E-state index contributed by atoms with van der Waals surface area (Å²) in [6.07, 6.45) is 0.140. The molecule has 0 saturated carbocycles. The summed E-state index contributed by atoms with van der Waals surface area (Å²) >= 11 is 0. The van der Waals surface area contributed by atoms with Gasteiger partial charge >= 0.3 is 17.1 Å². The molecule has 10 nitrogen and oxygen atoms in total. The fourth-order valence-electron chi connectivity index (χ4n) is 1.68. The number of carbonyl (C=O) groups is 4. The Morgan fingerprint density at radius 3 is 1.00 bits per heavy atom. The Hall–Kier alpha value is -1.68. The number of hydrogen-bond acceptors (Lipinski definition) is 10. The summed E-state index contributed by atoms with van der Waals surface area (Å²) in [5, 5.41) is 41.7. The first-order chi connectivity index (χ1) is 9.70. The van der Waals surface area contributed by atoms with Crippen LogP contribution >= 0.6 is 0 Å². The Balaban J connectivity index is 0. The van der Waals surface area contributed by atoms with E-state index in [9.17, 15) is 39.6 Å². The van der Waals surface area contributed by atoms with Gasteiger partial charge in [0.25, 0.3) is 0 Å². The number of nitrogens with zero attached hydrogens (tertiary/aromatic N) is 2. The van der Waals surface area contributed by atoms with E-state index < -0.39 is 50.1 Å². The van der Waals surface area contributed by atoms with Gasteiger partial charge in [-0.05, 0) is 6.42 Å². The zero-order valence-corrected chi connectivity index (χ0v) is 12.6. The maximum Gasteiger partial charge on any atom is 2.00 e. The SMILES string of the molecule is O=C([O-])CN(CCCN(CC(=O)[O-])CC(=O)[O-])CC(=O)[O-].[Fe+2]. The Kier molecular flexibility index (Phi) is 12.2. The molecule has 0 aliphatic heterocycles. The summed E-state index contributed by atoms with van der Waals surface area (Å²) in [5.41, 5.74) is 0. The number of carboxylic acid groups (broad SMARTS) is 4. The van der Waals surface area contributed by atoms with Gasteiger partial charge in [0.15, 0.2) is 0 Å². The predicted molar refractivity (Wildman–Crippen MR) is 57.5 cm³/mol. The van der Waals surface area contributed by atoms with Crippen molar-refractivity contribution in [2.75, 3.05) is 39.3 Å². The van der Waals surface area contributed by atoms with Gasteiger partial charge in [-0.15, -0.1) is 0 Å². The molecule has 126 valence electrons. The molecule has 0 aromatic heterocycles. The van der Waals surface area contributed by atoms with Crippen molar-refractivity contribution in [3.63, 3.8) is 0 Å². The van der Waals surface area contributed by atoms with Crippen LogP contribution < -0.4 is 20.4 Å². The van der Waals surface area contributed by atoms with Gasteiger partial charge in [0.05, 0.1) is 23.9 Å². The number of rotatable bonds is 12. The van der Waals surface area contributed by atoms with Gasteiger partial charge in [0.2, 0.25) is 0 Å². The van der Waals surface area contributed by atoms with Gasteiger partial charge in [-0.25, -0.2) is 0 Å². The van der Waals surface area contributed by atoms with Crippen molar-refractivity contribution in [3.05, 3.63) is 0 Å². The molecule has 22 heavy (non-hydrogen) atoms. The molecule has 0 atom stereocenters. The second kappa shape index (κ2) is 11.9. The smallest absolute Gasteiger partial charge is 0.549 e. The Morgan fingerprint density at radius 2 is 0.818 bits per heavy atom. The van der Waals surface area contributed by atoms with Crippen LogP contribution in [0, 0.1) is 0 Å². The first-order valence-corrected chi connectivity index (χ1v) is 5.94. The first kappa shape index (κ1) is 22.6. The van der Waals surface area contributed by atoms with E-state index in [1.807, 2.05) is 0 Å². The van der Waals surface area contributed by atoms with Crippen molar-refractivity contribution in [1.29, 1.82) is 0 Å². The predicted octanol–water partition coefficient (Wildman–Crippen LogP) is -7.02. The molecule has 0 radical (unpaired) electrons. The van der Waals surface area contributed by atoms with E-state index in [4.69, 9.17) is 0 Å². The molecular formula is C11H14FeN2O8-2. The normalized spacial score (nSPS) is 10.3. The molecule has 0 aliphatic carbocycles. The largest absolute Gasteiger partial charge is 2.00 e. The summed E-state index contributed by atoms with van der Waals surface area (Å²) in [6.45, 7) is -2.55. The summed E-state index contributed by atoms with van der Waals surface area (Å²) in [7, 11) is 0. The average Bonchev–Trinajstić information content (AvgIpc) is 2.24. The average molecular weight is 358 g/mol. The Bertz CT molecular complexity index is 336. The zero-order chi connectivity index (χ0) is 16.4. The van der Waals surface area contributed by atoms with E-state index >= 15 is 0 Å². The van der Waals surface area contributed by atoms with Crippen molar-refractivity contribution in [2.24, 2.45) is 0 Å². The molecular weight excluding hydrogens is 344 g/mol. The zero-order valence-electron chi connectivity index (χ0n) is 11.5. The number of carboxylic acids is 4. The van der Waals surface area contributed by atoms with E-state index in [1.54, 1.807) is 0 Å². The quantitative estimate of drug-likeness (QED) is 0.306. The maximum absolute atomic E-state index is 10.4. The van der Waals surface area contributed by atoms with Crippen molar-refractivity contribution in [2.45, 2.75) is 6.42 Å². The summed E-state index contributed by atoms with van der Waals surface area (Å²) < 4.78 is 0. The van der Waals surface area contributed by atoms with Crippen LogP contribution in [0.25, 0.3) is 0 Å². The first-order valence-electron chi connectivity index (χ1n) is 5.94. The monoisotopic (exact) mass is 358 g/mol. The standard InChI is InChI=1S/C11H18N2O8.Fe/c14-8(15)4-12(5-9(16)17)2-1-3-13(6-10(18)19)7-11(20)21;/h1-7H2,(H,14,15)(H,16,17)(H,18,19)(H,20,21);/q;+2/p-4. The molecule has 0 rings (SSSR count). The number of carbonyl (C=O) groups excluding carboxylic acids is 4. The third-order valence-electron chi connectivity index (χ3n) is 2.36. The molecule has 0 fully saturated rings. The minimum atomic E-state index is -1.47. The van der Waals surface area contributed by atoms with E-state index in [0.717, 1.165) is 9.80 Å².